The highest BCUT2D eigenvalue weighted by molar-refractivity contribution is 5.71. The summed E-state index contributed by atoms with van der Waals surface area (Å²) in [6.07, 6.45) is 84.9. The maximum Gasteiger partial charge on any atom is 0.306 e. The van der Waals surface area contributed by atoms with Gasteiger partial charge in [0.25, 0.3) is 0 Å². The molecule has 0 amide bonds. The summed E-state index contributed by atoms with van der Waals surface area (Å²) in [7, 11) is 0. The minimum absolute atomic E-state index is 0.0849. The number of esters is 3. The largest absolute Gasteiger partial charge is 0.462 e. The smallest absolute Gasteiger partial charge is 0.306 e. The number of allylic oxidation sites excluding steroid dienone is 12. The lowest BCUT2D eigenvalue weighted by molar-refractivity contribution is -0.167. The van der Waals surface area contributed by atoms with E-state index in [1.165, 1.54) is 205 Å². The Balaban J connectivity index is 4.33. The second kappa shape index (κ2) is 65.4. The SMILES string of the molecule is CC/C=C\C/C=C\C/C=C\C/C=C\CCCCCCC(=O)OC(COC(=O)CCCCCCCCC/C=C\CCCCCCCC)COC(=O)CCCCCCCCCCCCCCC/C=C\CCCCCCCCCC. The van der Waals surface area contributed by atoms with Gasteiger partial charge in [0.1, 0.15) is 13.2 Å². The summed E-state index contributed by atoms with van der Waals surface area (Å²) in [6, 6.07) is 0. The normalized spacial score (nSPS) is 12.5. The molecule has 1 atom stereocenters. The monoisotopic (exact) mass is 1070 g/mol. The van der Waals surface area contributed by atoms with Crippen molar-refractivity contribution in [1.29, 1.82) is 0 Å². The van der Waals surface area contributed by atoms with Crippen LogP contribution in [0.3, 0.4) is 0 Å². The first-order valence-electron chi connectivity index (χ1n) is 33.4. The average molecular weight is 1080 g/mol. The van der Waals surface area contributed by atoms with Crippen molar-refractivity contribution in [1.82, 2.24) is 0 Å². The van der Waals surface area contributed by atoms with E-state index in [-0.39, 0.29) is 31.1 Å². The zero-order valence-electron chi connectivity index (χ0n) is 51.2. The number of rotatable bonds is 61. The van der Waals surface area contributed by atoms with E-state index in [1.807, 2.05) is 0 Å². The molecular formula is C71H126O6. The standard InChI is InChI=1S/C71H126O6/c1-4-7-10-13-16-19-22-25-28-31-32-33-34-35-36-37-38-41-43-46-49-52-55-58-61-64-70(73)76-67-68(77-71(74)65-62-59-56-53-50-47-44-40-30-27-24-21-18-15-12-9-6-3)66-75-69(72)63-60-57-54-51-48-45-42-39-29-26-23-20-17-14-11-8-5-2/h9,12,18,21,26-27,29-32,44,47,68H,4-8,10-11,13-17,19-20,22-25,28,33-43,45-46,48-67H2,1-3H3/b12-9-,21-18-,29-26-,30-27-,32-31-,47-44-. The molecule has 0 radical (unpaired) electrons. The van der Waals surface area contributed by atoms with Gasteiger partial charge in [-0.2, -0.15) is 0 Å². The molecule has 6 nitrogen and oxygen atoms in total. The second-order valence-corrected chi connectivity index (χ2v) is 22.3. The topological polar surface area (TPSA) is 78.9 Å². The lowest BCUT2D eigenvalue weighted by atomic mass is 10.0. The average Bonchev–Trinajstić information content (AvgIpc) is 3.43. The molecule has 0 aliphatic carbocycles. The van der Waals surface area contributed by atoms with Crippen molar-refractivity contribution < 1.29 is 28.6 Å². The third-order valence-electron chi connectivity index (χ3n) is 14.7. The number of ether oxygens (including phenoxy) is 3. The summed E-state index contributed by atoms with van der Waals surface area (Å²) in [6.45, 7) is 6.54. The van der Waals surface area contributed by atoms with Crippen LogP contribution in [-0.2, 0) is 28.6 Å². The van der Waals surface area contributed by atoms with Gasteiger partial charge >= 0.3 is 17.9 Å². The minimum atomic E-state index is -0.791. The van der Waals surface area contributed by atoms with E-state index in [4.69, 9.17) is 14.2 Å². The van der Waals surface area contributed by atoms with Crippen molar-refractivity contribution in [2.45, 2.75) is 348 Å². The first-order valence-corrected chi connectivity index (χ1v) is 33.4. The van der Waals surface area contributed by atoms with Gasteiger partial charge in [0.2, 0.25) is 0 Å². The van der Waals surface area contributed by atoms with Gasteiger partial charge in [0.15, 0.2) is 6.10 Å². The number of carbonyl (C=O) groups is 3. The molecule has 0 heterocycles. The molecule has 0 aromatic heterocycles. The first kappa shape index (κ1) is 73.8. The number of unbranched alkanes of at least 4 members (excludes halogenated alkanes) is 38. The molecule has 77 heavy (non-hydrogen) atoms. The molecule has 0 aromatic carbocycles. The van der Waals surface area contributed by atoms with Crippen molar-refractivity contribution in [3.05, 3.63) is 72.9 Å². The van der Waals surface area contributed by atoms with E-state index in [9.17, 15) is 14.4 Å². The Morgan fingerprint density at radius 1 is 0.273 bits per heavy atom. The van der Waals surface area contributed by atoms with Crippen LogP contribution in [0.4, 0.5) is 0 Å². The minimum Gasteiger partial charge on any atom is -0.462 e. The van der Waals surface area contributed by atoms with Crippen LogP contribution in [0.25, 0.3) is 0 Å². The Hall–Kier alpha value is -3.15. The highest BCUT2D eigenvalue weighted by Gasteiger charge is 2.19. The van der Waals surface area contributed by atoms with Crippen molar-refractivity contribution >= 4 is 17.9 Å². The van der Waals surface area contributed by atoms with Gasteiger partial charge in [-0.15, -0.1) is 0 Å². The number of carbonyl (C=O) groups excluding carboxylic acids is 3. The third-order valence-corrected chi connectivity index (χ3v) is 14.7. The van der Waals surface area contributed by atoms with Gasteiger partial charge < -0.3 is 14.2 Å². The summed E-state index contributed by atoms with van der Waals surface area (Å²) in [5, 5.41) is 0. The number of hydrogen-bond donors (Lipinski definition) is 0. The summed E-state index contributed by atoms with van der Waals surface area (Å²) in [5.41, 5.74) is 0. The Bertz CT molecular complexity index is 1420. The summed E-state index contributed by atoms with van der Waals surface area (Å²) >= 11 is 0. The fourth-order valence-electron chi connectivity index (χ4n) is 9.66. The Labute approximate surface area is 478 Å². The Morgan fingerprint density at radius 3 is 0.805 bits per heavy atom. The van der Waals surface area contributed by atoms with E-state index < -0.39 is 6.10 Å². The van der Waals surface area contributed by atoms with E-state index in [0.717, 1.165) is 96.3 Å². The molecule has 0 saturated carbocycles. The highest BCUT2D eigenvalue weighted by atomic mass is 16.6. The number of hydrogen-bond acceptors (Lipinski definition) is 6. The maximum atomic E-state index is 12.9. The fraction of sp³-hybridized carbons (Fsp3) is 0.789. The lowest BCUT2D eigenvalue weighted by Crippen LogP contribution is -2.30. The lowest BCUT2D eigenvalue weighted by Gasteiger charge is -2.18. The highest BCUT2D eigenvalue weighted by Crippen LogP contribution is 2.17. The summed E-state index contributed by atoms with van der Waals surface area (Å²) < 4.78 is 16.9. The van der Waals surface area contributed by atoms with E-state index >= 15 is 0 Å². The zero-order chi connectivity index (χ0) is 55.7. The van der Waals surface area contributed by atoms with Crippen LogP contribution < -0.4 is 0 Å². The predicted molar refractivity (Wildman–Crippen MR) is 335 cm³/mol. The Morgan fingerprint density at radius 2 is 0.506 bits per heavy atom. The van der Waals surface area contributed by atoms with Crippen LogP contribution in [-0.4, -0.2) is 37.2 Å². The zero-order valence-corrected chi connectivity index (χ0v) is 51.2. The third kappa shape index (κ3) is 63.6. The molecule has 0 bridgehead atoms. The molecular weight excluding hydrogens is 949 g/mol. The van der Waals surface area contributed by atoms with E-state index in [2.05, 4.69) is 93.7 Å². The van der Waals surface area contributed by atoms with Crippen LogP contribution in [0.15, 0.2) is 72.9 Å². The predicted octanol–water partition coefficient (Wildman–Crippen LogP) is 22.9. The van der Waals surface area contributed by atoms with Crippen molar-refractivity contribution in [3.8, 4) is 0 Å². The van der Waals surface area contributed by atoms with Gasteiger partial charge in [0, 0.05) is 19.3 Å². The van der Waals surface area contributed by atoms with Crippen molar-refractivity contribution in [2.75, 3.05) is 13.2 Å². The molecule has 0 rings (SSSR count). The van der Waals surface area contributed by atoms with Gasteiger partial charge in [-0.05, 0) is 109 Å². The van der Waals surface area contributed by atoms with Crippen molar-refractivity contribution in [2.24, 2.45) is 0 Å². The molecule has 6 heteroatoms. The molecule has 0 fully saturated rings. The fourth-order valence-corrected chi connectivity index (χ4v) is 9.66. The van der Waals surface area contributed by atoms with Crippen LogP contribution >= 0.6 is 0 Å². The maximum absolute atomic E-state index is 12.9. The van der Waals surface area contributed by atoms with Gasteiger partial charge in [-0.1, -0.05) is 286 Å². The molecule has 0 N–H and O–H groups in total. The Kier molecular flexibility index (Phi) is 62.7. The quantitative estimate of drug-likeness (QED) is 0.0261. The first-order chi connectivity index (χ1) is 38.0. The molecule has 0 spiro atoms. The van der Waals surface area contributed by atoms with Crippen LogP contribution in [0.2, 0.25) is 0 Å². The molecule has 1 unspecified atom stereocenters. The van der Waals surface area contributed by atoms with Gasteiger partial charge in [-0.25, -0.2) is 0 Å². The summed E-state index contributed by atoms with van der Waals surface area (Å²) in [4.78, 5) is 38.4. The van der Waals surface area contributed by atoms with Gasteiger partial charge in [-0.3, -0.25) is 14.4 Å². The van der Waals surface area contributed by atoms with Crippen molar-refractivity contribution in [3.63, 3.8) is 0 Å². The molecule has 0 aromatic rings. The molecule has 0 saturated heterocycles. The van der Waals surface area contributed by atoms with Gasteiger partial charge in [0.05, 0.1) is 0 Å². The van der Waals surface area contributed by atoms with E-state index in [0.29, 0.717) is 19.3 Å². The summed E-state index contributed by atoms with van der Waals surface area (Å²) in [5.74, 6) is -0.897. The molecule has 0 aliphatic rings. The molecule has 0 aliphatic heterocycles. The van der Waals surface area contributed by atoms with Crippen LogP contribution in [0.5, 0.6) is 0 Å². The second-order valence-electron chi connectivity index (χ2n) is 22.3. The van der Waals surface area contributed by atoms with Crippen LogP contribution in [0, 0.1) is 0 Å². The molecule has 446 valence electrons. The van der Waals surface area contributed by atoms with E-state index in [1.54, 1.807) is 0 Å². The van der Waals surface area contributed by atoms with Crippen LogP contribution in [0.1, 0.15) is 342 Å².